The van der Waals surface area contributed by atoms with E-state index in [2.05, 4.69) is 38.1 Å². The van der Waals surface area contributed by atoms with Gasteiger partial charge in [-0.3, -0.25) is 0 Å². The van der Waals surface area contributed by atoms with Crippen molar-refractivity contribution in [3.63, 3.8) is 0 Å². The third-order valence-corrected chi connectivity index (χ3v) is 3.99. The molecule has 18 heavy (non-hydrogen) atoms. The number of anilines is 1. The molecule has 1 aliphatic carbocycles. The zero-order valence-corrected chi connectivity index (χ0v) is 11.0. The highest BCUT2D eigenvalue weighted by atomic mass is 16.5. The van der Waals surface area contributed by atoms with Crippen LogP contribution in [0.4, 0.5) is 5.82 Å². The van der Waals surface area contributed by atoms with E-state index in [1.165, 1.54) is 5.56 Å². The van der Waals surface area contributed by atoms with Crippen molar-refractivity contribution in [1.82, 2.24) is 5.16 Å². The second-order valence-electron chi connectivity index (χ2n) is 5.87. The fourth-order valence-electron chi connectivity index (χ4n) is 2.59. The molecule has 0 radical (unpaired) electrons. The van der Waals surface area contributed by atoms with E-state index >= 15 is 0 Å². The largest absolute Gasteiger partial charge is 0.380 e. The van der Waals surface area contributed by atoms with E-state index in [4.69, 9.17) is 10.3 Å². The monoisotopic (exact) mass is 242 g/mol. The van der Waals surface area contributed by atoms with E-state index in [-0.39, 0.29) is 0 Å². The van der Waals surface area contributed by atoms with E-state index in [0.29, 0.717) is 17.2 Å². The van der Waals surface area contributed by atoms with Gasteiger partial charge in [-0.1, -0.05) is 43.3 Å². The summed E-state index contributed by atoms with van der Waals surface area (Å²) in [5.74, 6) is 1.89. The van der Waals surface area contributed by atoms with Crippen LogP contribution in [0.2, 0.25) is 0 Å². The fourth-order valence-corrected chi connectivity index (χ4v) is 2.59. The Labute approximate surface area is 107 Å². The molecule has 1 atom stereocenters. The lowest BCUT2D eigenvalue weighted by Crippen LogP contribution is -1.94. The maximum atomic E-state index is 5.99. The summed E-state index contributed by atoms with van der Waals surface area (Å²) in [7, 11) is 0. The van der Waals surface area contributed by atoms with Gasteiger partial charge in [0.15, 0.2) is 5.82 Å². The molecule has 1 saturated carbocycles. The summed E-state index contributed by atoms with van der Waals surface area (Å²) < 4.78 is 5.49. The molecular weight excluding hydrogens is 224 g/mol. The van der Waals surface area contributed by atoms with E-state index in [1.54, 1.807) is 0 Å². The summed E-state index contributed by atoms with van der Waals surface area (Å²) in [6.07, 6.45) is 1.14. The minimum absolute atomic E-state index is 0.309. The first kappa shape index (κ1) is 11.3. The SMILES string of the molecule is Cc1ccccc1-c1c(N)noc1C1CC1(C)C. The van der Waals surface area contributed by atoms with E-state index in [9.17, 15) is 0 Å². The highest BCUT2D eigenvalue weighted by Gasteiger charge is 2.50. The quantitative estimate of drug-likeness (QED) is 0.872. The molecule has 0 bridgehead atoms. The lowest BCUT2D eigenvalue weighted by atomic mass is 9.97. The molecule has 3 heteroatoms. The van der Waals surface area contributed by atoms with Gasteiger partial charge >= 0.3 is 0 Å². The maximum absolute atomic E-state index is 5.99. The molecule has 1 aliphatic rings. The molecule has 1 heterocycles. The average Bonchev–Trinajstić information content (AvgIpc) is 2.78. The van der Waals surface area contributed by atoms with Crippen molar-refractivity contribution < 1.29 is 4.52 Å². The Hall–Kier alpha value is -1.77. The minimum Gasteiger partial charge on any atom is -0.380 e. The summed E-state index contributed by atoms with van der Waals surface area (Å²) in [4.78, 5) is 0. The van der Waals surface area contributed by atoms with Crippen LogP contribution < -0.4 is 5.73 Å². The first-order valence-electron chi connectivity index (χ1n) is 6.32. The Morgan fingerprint density at radius 3 is 2.61 bits per heavy atom. The van der Waals surface area contributed by atoms with Crippen LogP contribution in [-0.2, 0) is 0 Å². The van der Waals surface area contributed by atoms with Crippen molar-refractivity contribution in [3.8, 4) is 11.1 Å². The minimum atomic E-state index is 0.309. The molecule has 3 nitrogen and oxygen atoms in total. The maximum Gasteiger partial charge on any atom is 0.175 e. The van der Waals surface area contributed by atoms with Crippen LogP contribution >= 0.6 is 0 Å². The van der Waals surface area contributed by atoms with Crippen LogP contribution in [0, 0.1) is 12.3 Å². The number of aryl methyl sites for hydroxylation is 1. The molecule has 0 amide bonds. The average molecular weight is 242 g/mol. The standard InChI is InChI=1S/C15H18N2O/c1-9-6-4-5-7-10(9)12-13(18-17-14(12)16)11-8-15(11,2)3/h4-7,11H,8H2,1-3H3,(H2,16,17). The van der Waals surface area contributed by atoms with Crippen molar-refractivity contribution in [3.05, 3.63) is 35.6 Å². The predicted molar refractivity (Wildman–Crippen MR) is 72.2 cm³/mol. The van der Waals surface area contributed by atoms with Crippen LogP contribution in [0.1, 0.15) is 37.5 Å². The molecule has 2 N–H and O–H groups in total. The Morgan fingerprint density at radius 1 is 1.33 bits per heavy atom. The highest BCUT2D eigenvalue weighted by Crippen LogP contribution is 2.60. The lowest BCUT2D eigenvalue weighted by Gasteiger charge is -2.07. The van der Waals surface area contributed by atoms with Crippen LogP contribution in [-0.4, -0.2) is 5.16 Å². The zero-order valence-electron chi connectivity index (χ0n) is 11.0. The van der Waals surface area contributed by atoms with Gasteiger partial charge in [-0.05, 0) is 29.9 Å². The fraction of sp³-hybridized carbons (Fsp3) is 0.400. The van der Waals surface area contributed by atoms with Crippen molar-refractivity contribution in [2.24, 2.45) is 5.41 Å². The van der Waals surface area contributed by atoms with Crippen LogP contribution in [0.5, 0.6) is 0 Å². The molecular formula is C15H18N2O. The van der Waals surface area contributed by atoms with Gasteiger partial charge in [0.1, 0.15) is 5.76 Å². The van der Waals surface area contributed by atoms with Crippen molar-refractivity contribution in [2.75, 3.05) is 5.73 Å². The van der Waals surface area contributed by atoms with Gasteiger partial charge in [-0.2, -0.15) is 0 Å². The topological polar surface area (TPSA) is 52.0 Å². The van der Waals surface area contributed by atoms with E-state index < -0.39 is 0 Å². The predicted octanol–water partition coefficient (Wildman–Crippen LogP) is 3.75. The highest BCUT2D eigenvalue weighted by molar-refractivity contribution is 5.78. The van der Waals surface area contributed by atoms with Crippen molar-refractivity contribution >= 4 is 5.82 Å². The third kappa shape index (κ3) is 1.62. The molecule has 1 aromatic heterocycles. The molecule has 1 unspecified atom stereocenters. The molecule has 0 saturated heterocycles. The molecule has 94 valence electrons. The van der Waals surface area contributed by atoms with Gasteiger partial charge in [0.25, 0.3) is 0 Å². The molecule has 3 rings (SSSR count). The number of hydrogen-bond donors (Lipinski definition) is 1. The van der Waals surface area contributed by atoms with Gasteiger partial charge < -0.3 is 10.3 Å². The zero-order chi connectivity index (χ0) is 12.9. The number of rotatable bonds is 2. The summed E-state index contributed by atoms with van der Waals surface area (Å²) in [6, 6.07) is 8.22. The molecule has 1 fully saturated rings. The third-order valence-electron chi connectivity index (χ3n) is 3.99. The van der Waals surface area contributed by atoms with Gasteiger partial charge in [0, 0.05) is 5.92 Å². The van der Waals surface area contributed by atoms with Gasteiger partial charge in [-0.25, -0.2) is 0 Å². The summed E-state index contributed by atoms with van der Waals surface area (Å²) in [5, 5.41) is 3.96. The van der Waals surface area contributed by atoms with Crippen LogP contribution in [0.15, 0.2) is 28.8 Å². The Kier molecular flexibility index (Phi) is 2.27. The first-order chi connectivity index (χ1) is 8.50. The summed E-state index contributed by atoms with van der Waals surface area (Å²) in [6.45, 7) is 6.58. The number of nitrogen functional groups attached to an aromatic ring is 1. The smallest absolute Gasteiger partial charge is 0.175 e. The van der Waals surface area contributed by atoms with E-state index in [0.717, 1.165) is 23.3 Å². The Bertz CT molecular complexity index is 598. The van der Waals surface area contributed by atoms with E-state index in [1.807, 2.05) is 12.1 Å². The summed E-state index contributed by atoms with van der Waals surface area (Å²) >= 11 is 0. The van der Waals surface area contributed by atoms with Gasteiger partial charge in [-0.15, -0.1) is 0 Å². The number of benzene rings is 1. The molecule has 0 spiro atoms. The summed E-state index contributed by atoms with van der Waals surface area (Å²) in [5.41, 5.74) is 9.62. The lowest BCUT2D eigenvalue weighted by molar-refractivity contribution is 0.376. The first-order valence-corrected chi connectivity index (χ1v) is 6.32. The molecule has 2 aromatic rings. The number of aromatic nitrogens is 1. The van der Waals surface area contributed by atoms with Crippen molar-refractivity contribution in [1.29, 1.82) is 0 Å². The Morgan fingerprint density at radius 2 is 2.00 bits per heavy atom. The van der Waals surface area contributed by atoms with Gasteiger partial charge in [0.2, 0.25) is 0 Å². The van der Waals surface area contributed by atoms with Gasteiger partial charge in [0.05, 0.1) is 5.56 Å². The second kappa shape index (κ2) is 3.61. The number of nitrogens with two attached hydrogens (primary N) is 1. The second-order valence-corrected chi connectivity index (χ2v) is 5.87. The number of hydrogen-bond acceptors (Lipinski definition) is 3. The van der Waals surface area contributed by atoms with Crippen LogP contribution in [0.25, 0.3) is 11.1 Å². The molecule has 0 aliphatic heterocycles. The normalized spacial score (nSPS) is 20.9. The van der Waals surface area contributed by atoms with Crippen molar-refractivity contribution in [2.45, 2.75) is 33.1 Å². The Balaban J connectivity index is 2.13. The molecule has 1 aromatic carbocycles. The van der Waals surface area contributed by atoms with Crippen LogP contribution in [0.3, 0.4) is 0 Å². The number of nitrogens with zero attached hydrogens (tertiary/aromatic N) is 1.